The van der Waals surface area contributed by atoms with E-state index in [0.29, 0.717) is 10.6 Å². The van der Waals surface area contributed by atoms with Gasteiger partial charge in [-0.3, -0.25) is 0 Å². The van der Waals surface area contributed by atoms with Gasteiger partial charge >= 0.3 is 5.97 Å². The van der Waals surface area contributed by atoms with E-state index in [2.05, 4.69) is 0 Å². The topological polar surface area (TPSA) is 37.3 Å². The smallest absolute Gasteiger partial charge is 0.336 e. The largest absolute Gasteiger partial charge is 0.478 e. The first-order valence-corrected chi connectivity index (χ1v) is 5.56. The first kappa shape index (κ1) is 11.7. The molecule has 0 heterocycles. The SMILES string of the molecule is Cc1cc(C(=O)O)c(-c2ccccc2)cc1Cl. The first-order chi connectivity index (χ1) is 8.09. The van der Waals surface area contributed by atoms with E-state index in [1.165, 1.54) is 0 Å². The van der Waals surface area contributed by atoms with Crippen molar-refractivity contribution in [2.75, 3.05) is 0 Å². The van der Waals surface area contributed by atoms with Crippen LogP contribution in [0.1, 0.15) is 15.9 Å². The quantitative estimate of drug-likeness (QED) is 0.869. The summed E-state index contributed by atoms with van der Waals surface area (Å²) in [7, 11) is 0. The molecule has 0 aliphatic carbocycles. The highest BCUT2D eigenvalue weighted by Gasteiger charge is 2.13. The molecule has 0 unspecified atom stereocenters. The zero-order valence-electron chi connectivity index (χ0n) is 9.27. The van der Waals surface area contributed by atoms with Crippen molar-refractivity contribution < 1.29 is 9.90 Å². The van der Waals surface area contributed by atoms with Gasteiger partial charge in [0, 0.05) is 5.02 Å². The molecule has 2 nitrogen and oxygen atoms in total. The first-order valence-electron chi connectivity index (χ1n) is 5.18. The summed E-state index contributed by atoms with van der Waals surface area (Å²) in [6.07, 6.45) is 0. The van der Waals surface area contributed by atoms with Crippen LogP contribution in [0.5, 0.6) is 0 Å². The molecule has 0 fully saturated rings. The lowest BCUT2D eigenvalue weighted by Gasteiger charge is -2.09. The molecule has 3 heteroatoms. The van der Waals surface area contributed by atoms with Crippen molar-refractivity contribution in [3.05, 3.63) is 58.6 Å². The van der Waals surface area contributed by atoms with Gasteiger partial charge in [-0.2, -0.15) is 0 Å². The Morgan fingerprint density at radius 3 is 2.41 bits per heavy atom. The highest BCUT2D eigenvalue weighted by atomic mass is 35.5. The summed E-state index contributed by atoms with van der Waals surface area (Å²) >= 11 is 6.05. The molecule has 0 aliphatic heterocycles. The zero-order chi connectivity index (χ0) is 12.4. The maximum atomic E-state index is 11.2. The molecule has 17 heavy (non-hydrogen) atoms. The van der Waals surface area contributed by atoms with E-state index in [1.807, 2.05) is 30.3 Å². The molecule has 0 spiro atoms. The van der Waals surface area contributed by atoms with E-state index in [1.54, 1.807) is 19.1 Å². The predicted molar refractivity (Wildman–Crippen MR) is 68.6 cm³/mol. The third-order valence-electron chi connectivity index (χ3n) is 2.61. The van der Waals surface area contributed by atoms with E-state index < -0.39 is 5.97 Å². The number of aryl methyl sites for hydroxylation is 1. The van der Waals surface area contributed by atoms with Gasteiger partial charge in [0.25, 0.3) is 0 Å². The average Bonchev–Trinajstić information content (AvgIpc) is 2.33. The van der Waals surface area contributed by atoms with Gasteiger partial charge in [0.05, 0.1) is 5.56 Å². The molecule has 0 saturated heterocycles. The van der Waals surface area contributed by atoms with Gasteiger partial charge in [-0.15, -0.1) is 0 Å². The minimum absolute atomic E-state index is 0.276. The zero-order valence-corrected chi connectivity index (χ0v) is 10.0. The standard InChI is InChI=1S/C14H11ClO2/c1-9-7-12(14(16)17)11(8-13(9)15)10-5-3-2-4-6-10/h2-8H,1H3,(H,16,17). The van der Waals surface area contributed by atoms with Crippen LogP contribution in [0.15, 0.2) is 42.5 Å². The normalized spacial score (nSPS) is 10.2. The Morgan fingerprint density at radius 1 is 1.18 bits per heavy atom. The van der Waals surface area contributed by atoms with E-state index in [-0.39, 0.29) is 5.56 Å². The Labute approximate surface area is 104 Å². The van der Waals surface area contributed by atoms with Crippen molar-refractivity contribution >= 4 is 17.6 Å². The lowest BCUT2D eigenvalue weighted by molar-refractivity contribution is 0.0697. The number of hydrogen-bond donors (Lipinski definition) is 1. The molecule has 2 aromatic carbocycles. The fraction of sp³-hybridized carbons (Fsp3) is 0.0714. The van der Waals surface area contributed by atoms with Crippen molar-refractivity contribution in [1.29, 1.82) is 0 Å². The van der Waals surface area contributed by atoms with Crippen LogP contribution in [0.2, 0.25) is 5.02 Å². The lowest BCUT2D eigenvalue weighted by atomic mass is 9.98. The van der Waals surface area contributed by atoms with Crippen molar-refractivity contribution in [3.8, 4) is 11.1 Å². The lowest BCUT2D eigenvalue weighted by Crippen LogP contribution is -2.00. The molecule has 0 bridgehead atoms. The van der Waals surface area contributed by atoms with Crippen LogP contribution in [0, 0.1) is 6.92 Å². The Bertz CT molecular complexity index is 562. The summed E-state index contributed by atoms with van der Waals surface area (Å²) in [5.74, 6) is -0.941. The second kappa shape index (κ2) is 4.60. The molecule has 86 valence electrons. The summed E-state index contributed by atoms with van der Waals surface area (Å²) < 4.78 is 0. The summed E-state index contributed by atoms with van der Waals surface area (Å²) in [4.78, 5) is 11.2. The molecular formula is C14H11ClO2. The number of benzene rings is 2. The number of carboxylic acids is 1. The molecule has 0 atom stereocenters. The molecule has 0 saturated carbocycles. The Balaban J connectivity index is 2.68. The van der Waals surface area contributed by atoms with Crippen molar-refractivity contribution in [2.45, 2.75) is 6.92 Å². The van der Waals surface area contributed by atoms with E-state index in [0.717, 1.165) is 11.1 Å². The number of aromatic carboxylic acids is 1. The van der Waals surface area contributed by atoms with E-state index in [4.69, 9.17) is 11.6 Å². The van der Waals surface area contributed by atoms with Gasteiger partial charge in [0.15, 0.2) is 0 Å². The van der Waals surface area contributed by atoms with E-state index >= 15 is 0 Å². The summed E-state index contributed by atoms with van der Waals surface area (Å²) in [6.45, 7) is 1.80. The molecule has 0 radical (unpaired) electrons. The van der Waals surface area contributed by atoms with Crippen LogP contribution in [-0.2, 0) is 0 Å². The van der Waals surface area contributed by atoms with Crippen molar-refractivity contribution in [2.24, 2.45) is 0 Å². The highest BCUT2D eigenvalue weighted by molar-refractivity contribution is 6.31. The second-order valence-corrected chi connectivity index (χ2v) is 4.23. The number of halogens is 1. The molecule has 1 N–H and O–H groups in total. The second-order valence-electron chi connectivity index (χ2n) is 3.82. The molecule has 0 amide bonds. The third-order valence-corrected chi connectivity index (χ3v) is 3.02. The number of carbonyl (C=O) groups is 1. The molecule has 0 aliphatic rings. The van der Waals surface area contributed by atoms with Gasteiger partial charge < -0.3 is 5.11 Å². The molecular weight excluding hydrogens is 236 g/mol. The van der Waals surface area contributed by atoms with E-state index in [9.17, 15) is 9.90 Å². The molecule has 2 rings (SSSR count). The number of carboxylic acid groups (broad SMARTS) is 1. The minimum Gasteiger partial charge on any atom is -0.478 e. The van der Waals surface area contributed by atoms with Gasteiger partial charge in [0.2, 0.25) is 0 Å². The fourth-order valence-electron chi connectivity index (χ4n) is 1.71. The summed E-state index contributed by atoms with van der Waals surface area (Å²) in [5, 5.41) is 9.78. The summed E-state index contributed by atoms with van der Waals surface area (Å²) in [5.41, 5.74) is 2.54. The number of rotatable bonds is 2. The van der Waals surface area contributed by atoms with Crippen molar-refractivity contribution in [1.82, 2.24) is 0 Å². The minimum atomic E-state index is -0.941. The molecule has 2 aromatic rings. The van der Waals surface area contributed by atoms with Crippen molar-refractivity contribution in [3.63, 3.8) is 0 Å². The average molecular weight is 247 g/mol. The maximum absolute atomic E-state index is 11.2. The summed E-state index contributed by atoms with van der Waals surface area (Å²) in [6, 6.07) is 12.7. The van der Waals surface area contributed by atoms with Gasteiger partial charge in [-0.25, -0.2) is 4.79 Å². The Hall–Kier alpha value is -1.80. The Kier molecular flexibility index (Phi) is 3.16. The van der Waals surface area contributed by atoms with Crippen LogP contribution < -0.4 is 0 Å². The third kappa shape index (κ3) is 2.32. The highest BCUT2D eigenvalue weighted by Crippen LogP contribution is 2.29. The predicted octanol–water partition coefficient (Wildman–Crippen LogP) is 4.01. The van der Waals surface area contributed by atoms with Crippen LogP contribution >= 0.6 is 11.6 Å². The number of hydrogen-bond acceptors (Lipinski definition) is 1. The van der Waals surface area contributed by atoms with Crippen LogP contribution in [0.3, 0.4) is 0 Å². The monoisotopic (exact) mass is 246 g/mol. The molecule has 0 aromatic heterocycles. The van der Waals surface area contributed by atoms with Crippen LogP contribution in [-0.4, -0.2) is 11.1 Å². The van der Waals surface area contributed by atoms with Gasteiger partial charge in [-0.1, -0.05) is 41.9 Å². The van der Waals surface area contributed by atoms with Crippen LogP contribution in [0.4, 0.5) is 0 Å². The Morgan fingerprint density at radius 2 is 1.82 bits per heavy atom. The van der Waals surface area contributed by atoms with Gasteiger partial charge in [0.1, 0.15) is 0 Å². The van der Waals surface area contributed by atoms with Crippen LogP contribution in [0.25, 0.3) is 11.1 Å². The van der Waals surface area contributed by atoms with Gasteiger partial charge in [-0.05, 0) is 35.7 Å². The maximum Gasteiger partial charge on any atom is 0.336 e. The fourth-order valence-corrected chi connectivity index (χ4v) is 1.88.